The van der Waals surface area contributed by atoms with Crippen LogP contribution in [0, 0.1) is 5.82 Å². The summed E-state index contributed by atoms with van der Waals surface area (Å²) in [4.78, 5) is 5.55. The van der Waals surface area contributed by atoms with E-state index < -0.39 is 0 Å². The zero-order valence-electron chi connectivity index (χ0n) is 47.9. The summed E-state index contributed by atoms with van der Waals surface area (Å²) >= 11 is 1.84. The SMILES string of the molecule is CCCCCCCCC1(CCCCCCCC)c2ccccc2-c2ccc(-c3c(F)cc(-c4ccc5c(c4)C(CCCCCCCC)(CCCCCCCC)c4ccccc4-5)c4sc(CCCCCCC)nc34)cc21. The van der Waals surface area contributed by atoms with Gasteiger partial charge in [-0.1, -0.05) is 287 Å². The van der Waals surface area contributed by atoms with Gasteiger partial charge in [0, 0.05) is 22.0 Å². The molecular formula is C72H98FNS. The Labute approximate surface area is 460 Å². The topological polar surface area (TPSA) is 12.9 Å². The van der Waals surface area contributed by atoms with Gasteiger partial charge in [0.25, 0.3) is 0 Å². The predicted octanol–water partition coefficient (Wildman–Crippen LogP) is 23.8. The van der Waals surface area contributed by atoms with Crippen molar-refractivity contribution >= 4 is 21.6 Å². The highest BCUT2D eigenvalue weighted by Crippen LogP contribution is 2.57. The number of aryl methyl sites for hydroxylation is 1. The highest BCUT2D eigenvalue weighted by Gasteiger charge is 2.44. The van der Waals surface area contributed by atoms with Crippen molar-refractivity contribution in [3.63, 3.8) is 0 Å². The summed E-state index contributed by atoms with van der Waals surface area (Å²) in [6.07, 6.45) is 42.8. The van der Waals surface area contributed by atoms with E-state index in [1.807, 2.05) is 17.4 Å². The van der Waals surface area contributed by atoms with Crippen molar-refractivity contribution in [1.29, 1.82) is 0 Å². The molecule has 0 fully saturated rings. The summed E-state index contributed by atoms with van der Waals surface area (Å²) in [6, 6.07) is 34.9. The van der Waals surface area contributed by atoms with E-state index in [0.29, 0.717) is 5.56 Å². The molecular weight excluding hydrogens is 930 g/mol. The molecule has 8 rings (SSSR count). The molecule has 2 aliphatic carbocycles. The third-order valence-electron chi connectivity index (χ3n) is 18.1. The number of fused-ring (bicyclic) bond motifs is 7. The summed E-state index contributed by atoms with van der Waals surface area (Å²) < 4.78 is 19.2. The summed E-state index contributed by atoms with van der Waals surface area (Å²) in [5, 5.41) is 1.15. The Morgan fingerprint density at radius 3 is 1.20 bits per heavy atom. The van der Waals surface area contributed by atoms with Gasteiger partial charge in [-0.05, 0) is 112 Å². The van der Waals surface area contributed by atoms with Crippen LogP contribution >= 0.6 is 11.3 Å². The number of thiazole rings is 1. The van der Waals surface area contributed by atoms with Gasteiger partial charge in [-0.2, -0.15) is 0 Å². The first-order valence-electron chi connectivity index (χ1n) is 31.6. The third kappa shape index (κ3) is 13.4. The number of rotatable bonds is 36. The first-order valence-corrected chi connectivity index (χ1v) is 32.4. The fourth-order valence-electron chi connectivity index (χ4n) is 14.0. The number of benzene rings is 5. The molecule has 1 nitrogen and oxygen atoms in total. The lowest BCUT2D eigenvalue weighted by atomic mass is 9.70. The molecule has 0 aliphatic heterocycles. The average molecular weight is 1030 g/mol. The van der Waals surface area contributed by atoms with Gasteiger partial charge in [-0.25, -0.2) is 9.37 Å². The van der Waals surface area contributed by atoms with Crippen LogP contribution in [0.3, 0.4) is 0 Å². The first kappa shape index (κ1) is 57.1. The summed E-state index contributed by atoms with van der Waals surface area (Å²) in [7, 11) is 0. The molecule has 0 radical (unpaired) electrons. The molecule has 0 saturated carbocycles. The van der Waals surface area contributed by atoms with Crippen LogP contribution in [0.25, 0.3) is 54.7 Å². The van der Waals surface area contributed by atoms with Crippen molar-refractivity contribution in [2.45, 2.75) is 264 Å². The van der Waals surface area contributed by atoms with Crippen molar-refractivity contribution in [2.24, 2.45) is 0 Å². The Morgan fingerprint density at radius 2 is 0.747 bits per heavy atom. The average Bonchev–Trinajstić information content (AvgIpc) is 4.07. The number of hydrogen-bond donors (Lipinski definition) is 0. The van der Waals surface area contributed by atoms with Gasteiger partial charge in [-0.15, -0.1) is 11.3 Å². The van der Waals surface area contributed by atoms with Crippen molar-refractivity contribution < 1.29 is 4.39 Å². The summed E-state index contributed by atoms with van der Waals surface area (Å²) in [5.41, 5.74) is 16.1. The van der Waals surface area contributed by atoms with Crippen molar-refractivity contribution in [1.82, 2.24) is 4.98 Å². The molecule has 75 heavy (non-hydrogen) atoms. The van der Waals surface area contributed by atoms with E-state index in [2.05, 4.69) is 120 Å². The summed E-state index contributed by atoms with van der Waals surface area (Å²) in [5.74, 6) is -0.139. The minimum absolute atomic E-state index is 0.0358. The molecule has 0 amide bonds. The molecule has 0 spiro atoms. The minimum Gasteiger partial charge on any atom is -0.240 e. The van der Waals surface area contributed by atoms with E-state index in [1.165, 1.54) is 237 Å². The normalized spacial score (nSPS) is 13.9. The van der Waals surface area contributed by atoms with Gasteiger partial charge < -0.3 is 0 Å². The van der Waals surface area contributed by atoms with Crippen molar-refractivity contribution in [3.05, 3.63) is 124 Å². The smallest absolute Gasteiger partial charge is 0.133 e. The molecule has 0 atom stereocenters. The molecule has 1 aromatic heterocycles. The second-order valence-corrected chi connectivity index (χ2v) is 24.7. The highest BCUT2D eigenvalue weighted by atomic mass is 32.1. The summed E-state index contributed by atoms with van der Waals surface area (Å²) in [6.45, 7) is 11.6. The van der Waals surface area contributed by atoms with E-state index in [4.69, 9.17) is 4.98 Å². The minimum atomic E-state index is -0.139. The second kappa shape index (κ2) is 29.1. The maximum atomic E-state index is 18.1. The zero-order chi connectivity index (χ0) is 52.3. The van der Waals surface area contributed by atoms with Gasteiger partial charge in [0.2, 0.25) is 0 Å². The lowest BCUT2D eigenvalue weighted by Crippen LogP contribution is -2.25. The Kier molecular flexibility index (Phi) is 22.1. The van der Waals surface area contributed by atoms with E-state index in [9.17, 15) is 0 Å². The Hall–Kier alpha value is -4.08. The molecule has 2 aliphatic rings. The van der Waals surface area contributed by atoms with Crippen LogP contribution in [0.4, 0.5) is 4.39 Å². The lowest BCUT2D eigenvalue weighted by Gasteiger charge is -2.33. The largest absolute Gasteiger partial charge is 0.240 e. The number of hydrogen-bond acceptors (Lipinski definition) is 2. The molecule has 6 aromatic rings. The fraction of sp³-hybridized carbons (Fsp3) is 0.569. The molecule has 1 heterocycles. The van der Waals surface area contributed by atoms with Gasteiger partial charge >= 0.3 is 0 Å². The first-order chi connectivity index (χ1) is 36.9. The fourth-order valence-corrected chi connectivity index (χ4v) is 15.1. The molecule has 0 unspecified atom stereocenters. The maximum absolute atomic E-state index is 18.1. The van der Waals surface area contributed by atoms with E-state index in [1.54, 1.807) is 0 Å². The number of halogens is 1. The Balaban J connectivity index is 1.22. The maximum Gasteiger partial charge on any atom is 0.133 e. The van der Waals surface area contributed by atoms with Crippen LogP contribution in [0.2, 0.25) is 0 Å². The molecule has 3 heteroatoms. The molecule has 5 aromatic carbocycles. The molecule has 0 N–H and O–H groups in total. The number of nitrogens with zero attached hydrogens (tertiary/aromatic N) is 1. The van der Waals surface area contributed by atoms with Crippen LogP contribution in [0.1, 0.15) is 274 Å². The van der Waals surface area contributed by atoms with Gasteiger partial charge in [-0.3, -0.25) is 0 Å². The molecule has 404 valence electrons. The molecule has 0 bridgehead atoms. The second-order valence-electron chi connectivity index (χ2n) is 23.6. The zero-order valence-corrected chi connectivity index (χ0v) is 48.8. The monoisotopic (exact) mass is 1030 g/mol. The number of aromatic nitrogens is 1. The van der Waals surface area contributed by atoms with Crippen molar-refractivity contribution in [2.75, 3.05) is 0 Å². The standard InChI is InChI=1S/C72H98FNS/c1-6-11-16-21-26-35-48-71(49-36-27-22-17-12-7-2)62-41-33-31-39-57(62)59-46-44-55(52-64(59)71)61-54-66(73)68(69-70(61)75-67(74-69)43-30-25-20-15-10-5)56-45-47-60-58-40-32-34-42-63(58)72(65(60)53-56,50-37-28-23-18-13-8-3)51-38-29-24-19-14-9-4/h31-34,39-42,44-47,52-54H,6-30,35-38,43,48-51H2,1-5H3. The van der Waals surface area contributed by atoms with Gasteiger partial charge in [0.1, 0.15) is 5.82 Å². The van der Waals surface area contributed by atoms with E-state index in [-0.39, 0.29) is 16.6 Å². The predicted molar refractivity (Wildman–Crippen MR) is 327 cm³/mol. The van der Waals surface area contributed by atoms with Crippen molar-refractivity contribution in [3.8, 4) is 44.5 Å². The van der Waals surface area contributed by atoms with Crippen LogP contribution < -0.4 is 0 Å². The molecule has 0 saturated heterocycles. The number of unbranched alkanes of at least 4 members (excludes halogenated alkanes) is 24. The van der Waals surface area contributed by atoms with Gasteiger partial charge in [0.15, 0.2) is 0 Å². The highest BCUT2D eigenvalue weighted by molar-refractivity contribution is 7.19. The van der Waals surface area contributed by atoms with Crippen LogP contribution in [-0.4, -0.2) is 4.98 Å². The van der Waals surface area contributed by atoms with Crippen LogP contribution in [0.15, 0.2) is 91.0 Å². The van der Waals surface area contributed by atoms with E-state index >= 15 is 4.39 Å². The van der Waals surface area contributed by atoms with Gasteiger partial charge in [0.05, 0.1) is 15.2 Å². The third-order valence-corrected chi connectivity index (χ3v) is 19.3. The lowest BCUT2D eigenvalue weighted by molar-refractivity contribution is 0.398. The van der Waals surface area contributed by atoms with Crippen LogP contribution in [0.5, 0.6) is 0 Å². The van der Waals surface area contributed by atoms with Crippen LogP contribution in [-0.2, 0) is 17.3 Å². The quantitative estimate of drug-likeness (QED) is 0.0357. The Morgan fingerprint density at radius 1 is 0.373 bits per heavy atom. The Bertz CT molecular complexity index is 2650. The van der Waals surface area contributed by atoms with E-state index in [0.717, 1.165) is 57.6 Å².